The molecule has 1 fully saturated rings. The molecule has 0 aromatic heterocycles. The van der Waals surface area contributed by atoms with Crippen molar-refractivity contribution in [3.8, 4) is 0 Å². The number of hydrogen-bond acceptors (Lipinski definition) is 3. The average Bonchev–Trinajstić information content (AvgIpc) is 2.98. The quantitative estimate of drug-likeness (QED) is 0.397. The van der Waals surface area contributed by atoms with Crippen LogP contribution < -0.4 is 0 Å². The van der Waals surface area contributed by atoms with E-state index >= 15 is 0 Å². The summed E-state index contributed by atoms with van der Waals surface area (Å²) >= 11 is 0. The van der Waals surface area contributed by atoms with E-state index in [-0.39, 0.29) is 6.10 Å². The third-order valence-electron chi connectivity index (χ3n) is 1.73. The summed E-state index contributed by atoms with van der Waals surface area (Å²) in [5, 5.41) is 3.78. The van der Waals surface area contributed by atoms with Crippen molar-refractivity contribution in [1.29, 1.82) is 0 Å². The van der Waals surface area contributed by atoms with Gasteiger partial charge in [0.2, 0.25) is 0 Å². The van der Waals surface area contributed by atoms with Crippen LogP contribution in [0.3, 0.4) is 0 Å². The van der Waals surface area contributed by atoms with Crippen molar-refractivity contribution in [3.05, 3.63) is 35.9 Å². The fourth-order valence-electron chi connectivity index (χ4n) is 0.939. The molecule has 1 aromatic rings. The number of nitrogens with zero attached hydrogens (tertiary/aromatic N) is 1. The van der Waals surface area contributed by atoms with Gasteiger partial charge in [-0.1, -0.05) is 35.5 Å². The second kappa shape index (κ2) is 4.05. The topological polar surface area (TPSA) is 34.1 Å². The van der Waals surface area contributed by atoms with Gasteiger partial charge in [-0.25, -0.2) is 0 Å². The second-order valence-corrected chi connectivity index (χ2v) is 2.89. The molecule has 2 rings (SSSR count). The first-order valence-electron chi connectivity index (χ1n) is 4.26. The molecule has 0 spiro atoms. The van der Waals surface area contributed by atoms with Crippen LogP contribution in [0.25, 0.3) is 0 Å². The van der Waals surface area contributed by atoms with Gasteiger partial charge in [0.25, 0.3) is 0 Å². The molecule has 3 heteroatoms. The second-order valence-electron chi connectivity index (χ2n) is 2.89. The summed E-state index contributed by atoms with van der Waals surface area (Å²) in [6, 6.07) is 9.94. The Morgan fingerprint density at radius 3 is 2.92 bits per heavy atom. The van der Waals surface area contributed by atoms with Gasteiger partial charge in [0.15, 0.2) is 0 Å². The van der Waals surface area contributed by atoms with E-state index in [0.717, 1.165) is 12.2 Å². The van der Waals surface area contributed by atoms with Gasteiger partial charge in [0.05, 0.1) is 12.8 Å². The predicted octanol–water partition coefficient (Wildman–Crippen LogP) is 1.59. The third-order valence-corrected chi connectivity index (χ3v) is 1.73. The highest BCUT2D eigenvalue weighted by Crippen LogP contribution is 2.05. The monoisotopic (exact) mass is 177 g/mol. The summed E-state index contributed by atoms with van der Waals surface area (Å²) in [7, 11) is 0. The molecule has 0 aliphatic carbocycles. The number of oxime groups is 1. The minimum Gasteiger partial charge on any atom is -0.391 e. The van der Waals surface area contributed by atoms with Crippen molar-refractivity contribution in [2.24, 2.45) is 5.16 Å². The van der Waals surface area contributed by atoms with E-state index in [2.05, 4.69) is 5.16 Å². The van der Waals surface area contributed by atoms with Gasteiger partial charge >= 0.3 is 0 Å². The van der Waals surface area contributed by atoms with Crippen molar-refractivity contribution < 1.29 is 9.57 Å². The lowest BCUT2D eigenvalue weighted by Gasteiger charge is -1.97. The molecule has 0 amide bonds. The molecular weight excluding hydrogens is 166 g/mol. The highest BCUT2D eigenvalue weighted by molar-refractivity contribution is 5.64. The zero-order chi connectivity index (χ0) is 8.93. The van der Waals surface area contributed by atoms with Crippen LogP contribution in [0.1, 0.15) is 5.56 Å². The first kappa shape index (κ1) is 8.26. The van der Waals surface area contributed by atoms with Crippen LogP contribution in [0.4, 0.5) is 0 Å². The Bertz CT molecular complexity index is 280. The van der Waals surface area contributed by atoms with Gasteiger partial charge in [0.1, 0.15) is 12.7 Å². The predicted molar refractivity (Wildman–Crippen MR) is 49.5 cm³/mol. The Hall–Kier alpha value is -1.35. The number of hydrogen-bond donors (Lipinski definition) is 0. The molecule has 1 aliphatic rings. The molecule has 0 bridgehead atoms. The van der Waals surface area contributed by atoms with Crippen LogP contribution in [-0.4, -0.2) is 18.9 Å². The zero-order valence-corrected chi connectivity index (χ0v) is 7.22. The summed E-state index contributed by atoms with van der Waals surface area (Å²) in [4.78, 5) is 5.06. The Morgan fingerprint density at radius 2 is 2.23 bits per heavy atom. The minimum atomic E-state index is 0.191. The molecule has 1 aromatic carbocycles. The average molecular weight is 177 g/mol. The van der Waals surface area contributed by atoms with E-state index in [1.165, 1.54) is 0 Å². The molecule has 13 heavy (non-hydrogen) atoms. The van der Waals surface area contributed by atoms with E-state index in [9.17, 15) is 0 Å². The molecule has 1 unspecified atom stereocenters. The highest BCUT2D eigenvalue weighted by atomic mass is 16.6. The van der Waals surface area contributed by atoms with E-state index in [4.69, 9.17) is 9.57 Å². The lowest BCUT2D eigenvalue weighted by molar-refractivity contribution is 0.131. The maximum Gasteiger partial charge on any atom is 0.142 e. The molecule has 68 valence electrons. The van der Waals surface area contributed by atoms with E-state index < -0.39 is 0 Å². The Labute approximate surface area is 77.0 Å². The van der Waals surface area contributed by atoms with Crippen molar-refractivity contribution in [2.75, 3.05) is 6.61 Å². The van der Waals surface area contributed by atoms with Crippen LogP contribution >= 0.6 is 0 Å². The lowest BCUT2D eigenvalue weighted by Crippen LogP contribution is -1.89. The van der Waals surface area contributed by atoms with Crippen molar-refractivity contribution in [3.63, 3.8) is 0 Å². The number of ether oxygens (including phenoxy) is 1. The van der Waals surface area contributed by atoms with Gasteiger partial charge in [-0.05, 0) is 5.56 Å². The standard InChI is InChI=1S/C10H11NO2/c1-2-4-9(5-3-1)7-13-11-6-10-8-12-10/h1-6,10H,7-8H2/b11-6+. The Kier molecular flexibility index (Phi) is 2.57. The van der Waals surface area contributed by atoms with Gasteiger partial charge in [-0.3, -0.25) is 0 Å². The van der Waals surface area contributed by atoms with E-state index in [0.29, 0.717) is 6.61 Å². The van der Waals surface area contributed by atoms with Gasteiger partial charge in [-0.2, -0.15) is 0 Å². The molecule has 0 N–H and O–H groups in total. The summed E-state index contributed by atoms with van der Waals surface area (Å²) in [6.07, 6.45) is 1.87. The summed E-state index contributed by atoms with van der Waals surface area (Å²) in [5.74, 6) is 0. The molecule has 1 aliphatic heterocycles. The fourth-order valence-corrected chi connectivity index (χ4v) is 0.939. The summed E-state index contributed by atoms with van der Waals surface area (Å²) < 4.78 is 4.93. The van der Waals surface area contributed by atoms with Gasteiger partial charge in [0, 0.05) is 0 Å². The summed E-state index contributed by atoms with van der Waals surface area (Å²) in [5.41, 5.74) is 1.12. The van der Waals surface area contributed by atoms with Crippen LogP contribution in [0.15, 0.2) is 35.5 Å². The molecule has 0 radical (unpaired) electrons. The Morgan fingerprint density at radius 1 is 1.46 bits per heavy atom. The van der Waals surface area contributed by atoms with Crippen molar-refractivity contribution in [1.82, 2.24) is 0 Å². The number of rotatable bonds is 4. The fraction of sp³-hybridized carbons (Fsp3) is 0.300. The molecule has 0 saturated carbocycles. The minimum absolute atomic E-state index is 0.191. The Balaban J connectivity index is 1.73. The van der Waals surface area contributed by atoms with Crippen LogP contribution in [-0.2, 0) is 16.2 Å². The van der Waals surface area contributed by atoms with Gasteiger partial charge < -0.3 is 9.57 Å². The van der Waals surface area contributed by atoms with Crippen LogP contribution in [0, 0.1) is 0 Å². The first-order chi connectivity index (χ1) is 6.45. The third kappa shape index (κ3) is 2.87. The molecular formula is C10H11NO2. The van der Waals surface area contributed by atoms with Crippen molar-refractivity contribution >= 4 is 6.21 Å². The number of benzene rings is 1. The van der Waals surface area contributed by atoms with E-state index in [1.807, 2.05) is 30.3 Å². The molecule has 1 saturated heterocycles. The maximum atomic E-state index is 5.06. The van der Waals surface area contributed by atoms with Crippen LogP contribution in [0.5, 0.6) is 0 Å². The smallest absolute Gasteiger partial charge is 0.142 e. The zero-order valence-electron chi connectivity index (χ0n) is 7.22. The first-order valence-corrected chi connectivity index (χ1v) is 4.26. The molecule has 1 heterocycles. The highest BCUT2D eigenvalue weighted by Gasteiger charge is 2.19. The molecule has 1 atom stereocenters. The van der Waals surface area contributed by atoms with Gasteiger partial charge in [-0.15, -0.1) is 0 Å². The molecule has 3 nitrogen and oxygen atoms in total. The summed E-state index contributed by atoms with van der Waals surface area (Å²) in [6.45, 7) is 1.29. The van der Waals surface area contributed by atoms with Crippen molar-refractivity contribution in [2.45, 2.75) is 12.7 Å². The largest absolute Gasteiger partial charge is 0.391 e. The number of epoxide rings is 1. The van der Waals surface area contributed by atoms with E-state index in [1.54, 1.807) is 6.21 Å². The SMILES string of the molecule is C(=N\OCc1ccccc1)/C1CO1. The van der Waals surface area contributed by atoms with Crippen LogP contribution in [0.2, 0.25) is 0 Å². The normalized spacial score (nSPS) is 20.5. The maximum absolute atomic E-state index is 5.06. The lowest BCUT2D eigenvalue weighted by atomic mass is 10.2.